The summed E-state index contributed by atoms with van der Waals surface area (Å²) in [6.45, 7) is 0.210. The van der Waals surface area contributed by atoms with Crippen molar-refractivity contribution in [1.29, 1.82) is 0 Å². The number of aliphatic hydroxyl groups is 1. The number of fused-ring (bicyclic) bond motifs is 1. The molecule has 11 heavy (non-hydrogen) atoms. The van der Waals surface area contributed by atoms with Crippen molar-refractivity contribution in [3.05, 3.63) is 23.9 Å². The Morgan fingerprint density at radius 3 is 3.09 bits per heavy atom. The highest BCUT2D eigenvalue weighted by Gasteiger charge is 2.28. The standard InChI is InChI=1S/C9H13NO/c11-6-7-5-10-9-4-2-1-3-8(7)9/h1-2,5,8-11H,3-4,6H2. The summed E-state index contributed by atoms with van der Waals surface area (Å²) in [6.07, 6.45) is 8.58. The molecule has 0 aromatic carbocycles. The average Bonchev–Trinajstić information content (AvgIpc) is 2.47. The molecule has 0 amide bonds. The predicted octanol–water partition coefficient (Wildman–Crippen LogP) is 0.801. The monoisotopic (exact) mass is 151 g/mol. The first-order chi connectivity index (χ1) is 5.42. The van der Waals surface area contributed by atoms with Crippen LogP contribution in [0.1, 0.15) is 12.8 Å². The highest BCUT2D eigenvalue weighted by atomic mass is 16.3. The van der Waals surface area contributed by atoms with Gasteiger partial charge in [-0.3, -0.25) is 0 Å². The Hall–Kier alpha value is -0.760. The van der Waals surface area contributed by atoms with Crippen LogP contribution in [0, 0.1) is 5.92 Å². The van der Waals surface area contributed by atoms with Crippen molar-refractivity contribution < 1.29 is 5.11 Å². The van der Waals surface area contributed by atoms with Crippen LogP contribution in [-0.2, 0) is 0 Å². The molecule has 2 heteroatoms. The van der Waals surface area contributed by atoms with Crippen molar-refractivity contribution in [3.63, 3.8) is 0 Å². The predicted molar refractivity (Wildman–Crippen MR) is 44.0 cm³/mol. The van der Waals surface area contributed by atoms with Gasteiger partial charge in [0.2, 0.25) is 0 Å². The van der Waals surface area contributed by atoms with E-state index >= 15 is 0 Å². The van der Waals surface area contributed by atoms with Crippen LogP contribution in [-0.4, -0.2) is 17.8 Å². The molecular formula is C9H13NO. The molecule has 0 spiro atoms. The maximum atomic E-state index is 8.97. The van der Waals surface area contributed by atoms with Crippen LogP contribution in [0.15, 0.2) is 23.9 Å². The van der Waals surface area contributed by atoms with Gasteiger partial charge in [0, 0.05) is 12.0 Å². The van der Waals surface area contributed by atoms with Crippen molar-refractivity contribution in [1.82, 2.24) is 5.32 Å². The Morgan fingerprint density at radius 1 is 1.45 bits per heavy atom. The molecule has 0 radical (unpaired) electrons. The lowest BCUT2D eigenvalue weighted by Gasteiger charge is -2.22. The number of rotatable bonds is 1. The summed E-state index contributed by atoms with van der Waals surface area (Å²) in [4.78, 5) is 0. The minimum Gasteiger partial charge on any atom is -0.392 e. The smallest absolute Gasteiger partial charge is 0.0662 e. The summed E-state index contributed by atoms with van der Waals surface area (Å²) in [5.74, 6) is 0.560. The van der Waals surface area contributed by atoms with Crippen LogP contribution in [0.3, 0.4) is 0 Å². The molecule has 0 saturated carbocycles. The summed E-state index contributed by atoms with van der Waals surface area (Å²) < 4.78 is 0. The molecular weight excluding hydrogens is 138 g/mol. The zero-order valence-corrected chi connectivity index (χ0v) is 6.46. The van der Waals surface area contributed by atoms with E-state index in [2.05, 4.69) is 17.5 Å². The highest BCUT2D eigenvalue weighted by molar-refractivity contribution is 5.20. The second-order valence-corrected chi connectivity index (χ2v) is 3.20. The van der Waals surface area contributed by atoms with Crippen molar-refractivity contribution in [2.45, 2.75) is 18.9 Å². The van der Waals surface area contributed by atoms with Gasteiger partial charge in [0.25, 0.3) is 0 Å². The van der Waals surface area contributed by atoms with E-state index in [1.54, 1.807) is 0 Å². The normalized spacial score (nSPS) is 34.5. The molecule has 2 rings (SSSR count). The van der Waals surface area contributed by atoms with Crippen molar-refractivity contribution in [3.8, 4) is 0 Å². The third-order valence-electron chi connectivity index (χ3n) is 2.57. The summed E-state index contributed by atoms with van der Waals surface area (Å²) in [5.41, 5.74) is 1.17. The van der Waals surface area contributed by atoms with Crippen LogP contribution in [0.5, 0.6) is 0 Å². The minimum absolute atomic E-state index is 0.210. The molecule has 1 aliphatic carbocycles. The Morgan fingerprint density at radius 2 is 2.27 bits per heavy atom. The van der Waals surface area contributed by atoms with Crippen molar-refractivity contribution in [2.24, 2.45) is 5.92 Å². The van der Waals surface area contributed by atoms with Gasteiger partial charge in [-0.15, -0.1) is 0 Å². The third kappa shape index (κ3) is 1.07. The molecule has 0 aromatic heterocycles. The molecule has 2 atom stereocenters. The van der Waals surface area contributed by atoms with Gasteiger partial charge >= 0.3 is 0 Å². The van der Waals surface area contributed by atoms with E-state index in [9.17, 15) is 0 Å². The third-order valence-corrected chi connectivity index (χ3v) is 2.57. The summed E-state index contributed by atoms with van der Waals surface area (Å²) in [5, 5.41) is 12.3. The highest BCUT2D eigenvalue weighted by Crippen LogP contribution is 2.29. The molecule has 0 aromatic rings. The second-order valence-electron chi connectivity index (χ2n) is 3.20. The van der Waals surface area contributed by atoms with Crippen LogP contribution in [0.25, 0.3) is 0 Å². The fraction of sp³-hybridized carbons (Fsp3) is 0.556. The maximum absolute atomic E-state index is 8.97. The van der Waals surface area contributed by atoms with E-state index in [0.717, 1.165) is 12.8 Å². The average molecular weight is 151 g/mol. The number of hydrogen-bond acceptors (Lipinski definition) is 2. The molecule has 0 saturated heterocycles. The Kier molecular flexibility index (Phi) is 1.70. The fourth-order valence-corrected chi connectivity index (χ4v) is 1.89. The lowest BCUT2D eigenvalue weighted by atomic mass is 9.86. The molecule has 0 fully saturated rings. The molecule has 1 aliphatic heterocycles. The van der Waals surface area contributed by atoms with Gasteiger partial charge in [-0.05, 0) is 24.6 Å². The first kappa shape index (κ1) is 6.92. The second kappa shape index (κ2) is 2.70. The molecule has 2 aliphatic rings. The number of hydrogen-bond donors (Lipinski definition) is 2. The molecule has 2 N–H and O–H groups in total. The zero-order chi connectivity index (χ0) is 7.68. The number of aliphatic hydroxyl groups excluding tert-OH is 1. The first-order valence-corrected chi connectivity index (χ1v) is 4.12. The van der Waals surface area contributed by atoms with Gasteiger partial charge in [0.1, 0.15) is 0 Å². The fourth-order valence-electron chi connectivity index (χ4n) is 1.89. The van der Waals surface area contributed by atoms with Gasteiger partial charge in [-0.25, -0.2) is 0 Å². The molecule has 0 bridgehead atoms. The van der Waals surface area contributed by atoms with E-state index in [4.69, 9.17) is 5.11 Å². The topological polar surface area (TPSA) is 32.3 Å². The van der Waals surface area contributed by atoms with Gasteiger partial charge < -0.3 is 10.4 Å². The van der Waals surface area contributed by atoms with Gasteiger partial charge in [0.05, 0.1) is 6.61 Å². The van der Waals surface area contributed by atoms with Gasteiger partial charge in [0.15, 0.2) is 0 Å². The largest absolute Gasteiger partial charge is 0.392 e. The lowest BCUT2D eigenvalue weighted by molar-refractivity contribution is 0.308. The Balaban J connectivity index is 2.12. The lowest BCUT2D eigenvalue weighted by Crippen LogP contribution is -2.28. The Labute approximate surface area is 66.6 Å². The zero-order valence-electron chi connectivity index (χ0n) is 6.46. The summed E-state index contributed by atoms with van der Waals surface area (Å²) in [6, 6.07) is 0.558. The van der Waals surface area contributed by atoms with Crippen LogP contribution in [0.4, 0.5) is 0 Å². The number of nitrogens with one attached hydrogen (secondary N) is 1. The first-order valence-electron chi connectivity index (χ1n) is 4.12. The summed E-state index contributed by atoms with van der Waals surface area (Å²) >= 11 is 0. The molecule has 2 nitrogen and oxygen atoms in total. The van der Waals surface area contributed by atoms with E-state index < -0.39 is 0 Å². The van der Waals surface area contributed by atoms with Crippen LogP contribution >= 0.6 is 0 Å². The van der Waals surface area contributed by atoms with E-state index in [1.165, 1.54) is 5.57 Å². The maximum Gasteiger partial charge on any atom is 0.0662 e. The van der Waals surface area contributed by atoms with Gasteiger partial charge in [-0.2, -0.15) is 0 Å². The quantitative estimate of drug-likeness (QED) is 0.543. The Bertz CT molecular complexity index is 208. The van der Waals surface area contributed by atoms with E-state index in [-0.39, 0.29) is 6.61 Å². The molecule has 60 valence electrons. The van der Waals surface area contributed by atoms with Crippen molar-refractivity contribution in [2.75, 3.05) is 6.61 Å². The van der Waals surface area contributed by atoms with Crippen LogP contribution < -0.4 is 5.32 Å². The van der Waals surface area contributed by atoms with E-state index in [0.29, 0.717) is 12.0 Å². The van der Waals surface area contributed by atoms with Gasteiger partial charge in [-0.1, -0.05) is 12.2 Å². The summed E-state index contributed by atoms with van der Waals surface area (Å²) in [7, 11) is 0. The SMILES string of the molecule is OCC1=CNC2CC=CCC12. The van der Waals surface area contributed by atoms with E-state index in [1.807, 2.05) is 6.20 Å². The van der Waals surface area contributed by atoms with Crippen molar-refractivity contribution >= 4 is 0 Å². The minimum atomic E-state index is 0.210. The number of allylic oxidation sites excluding steroid dienone is 1. The molecule has 1 heterocycles. The van der Waals surface area contributed by atoms with Crippen LogP contribution in [0.2, 0.25) is 0 Å². The molecule has 2 unspecified atom stereocenters.